The minimum atomic E-state index is -0.179. The zero-order valence-electron chi connectivity index (χ0n) is 10.5. The highest BCUT2D eigenvalue weighted by molar-refractivity contribution is 7.71. The Morgan fingerprint density at radius 3 is 2.68 bits per heavy atom. The van der Waals surface area contributed by atoms with Gasteiger partial charge in [0.15, 0.2) is 4.77 Å². The molecule has 1 aromatic carbocycles. The van der Waals surface area contributed by atoms with E-state index in [2.05, 4.69) is 15.3 Å². The molecule has 0 amide bonds. The first-order chi connectivity index (χ1) is 9.19. The first kappa shape index (κ1) is 13.4. The first-order valence-corrected chi connectivity index (χ1v) is 6.37. The lowest BCUT2D eigenvalue weighted by Gasteiger charge is -2.07. The fraction of sp³-hybridized carbons (Fsp3) is 0.231. The summed E-state index contributed by atoms with van der Waals surface area (Å²) in [5.74, 6) is 0.828. The van der Waals surface area contributed by atoms with Gasteiger partial charge in [0.2, 0.25) is 0 Å². The van der Waals surface area contributed by atoms with Gasteiger partial charge in [-0.25, -0.2) is 0 Å². The molecular formula is C13H15N3O2S. The normalized spacial score (nSPS) is 10.2. The monoisotopic (exact) mass is 277 g/mol. The molecular weight excluding hydrogens is 262 g/mol. The number of aromatic nitrogens is 2. The van der Waals surface area contributed by atoms with Crippen molar-refractivity contribution in [1.82, 2.24) is 9.97 Å². The molecule has 0 bridgehead atoms. The maximum atomic E-state index is 11.6. The van der Waals surface area contributed by atoms with Gasteiger partial charge in [-0.1, -0.05) is 0 Å². The average Bonchev–Trinajstić information content (AvgIpc) is 2.40. The molecule has 0 atom stereocenters. The molecule has 5 nitrogen and oxygen atoms in total. The van der Waals surface area contributed by atoms with Crippen molar-refractivity contribution >= 4 is 17.9 Å². The Morgan fingerprint density at radius 1 is 1.32 bits per heavy atom. The molecule has 100 valence electrons. The molecule has 1 aromatic heterocycles. The summed E-state index contributed by atoms with van der Waals surface area (Å²) in [7, 11) is 0. The molecule has 0 unspecified atom stereocenters. The van der Waals surface area contributed by atoms with E-state index in [1.807, 2.05) is 31.2 Å². The van der Waals surface area contributed by atoms with Crippen molar-refractivity contribution in [1.29, 1.82) is 0 Å². The largest absolute Gasteiger partial charge is 0.494 e. The highest BCUT2D eigenvalue weighted by Crippen LogP contribution is 2.15. The number of nitrogens with one attached hydrogen (secondary N) is 3. The van der Waals surface area contributed by atoms with E-state index >= 15 is 0 Å². The fourth-order valence-electron chi connectivity index (χ4n) is 1.60. The molecule has 1 heterocycles. The van der Waals surface area contributed by atoms with Crippen LogP contribution in [0.25, 0.3) is 0 Å². The zero-order valence-corrected chi connectivity index (χ0v) is 11.3. The van der Waals surface area contributed by atoms with Crippen LogP contribution in [0, 0.1) is 4.77 Å². The Balaban J connectivity index is 2.02. The van der Waals surface area contributed by atoms with Crippen LogP contribution in [0.4, 0.5) is 5.69 Å². The molecule has 19 heavy (non-hydrogen) atoms. The van der Waals surface area contributed by atoms with Crippen molar-refractivity contribution in [3.63, 3.8) is 0 Å². The number of ether oxygens (including phenoxy) is 1. The van der Waals surface area contributed by atoms with Crippen LogP contribution >= 0.6 is 12.2 Å². The molecule has 0 aliphatic rings. The predicted molar refractivity (Wildman–Crippen MR) is 77.2 cm³/mol. The van der Waals surface area contributed by atoms with Crippen molar-refractivity contribution in [2.75, 3.05) is 11.9 Å². The smallest absolute Gasteiger partial charge is 0.256 e. The summed E-state index contributed by atoms with van der Waals surface area (Å²) in [4.78, 5) is 16.9. The van der Waals surface area contributed by atoms with Crippen molar-refractivity contribution in [3.05, 3.63) is 51.2 Å². The van der Waals surface area contributed by atoms with Gasteiger partial charge in [-0.2, -0.15) is 0 Å². The highest BCUT2D eigenvalue weighted by Gasteiger charge is 1.99. The minimum Gasteiger partial charge on any atom is -0.494 e. The number of hydrogen-bond donors (Lipinski definition) is 3. The maximum Gasteiger partial charge on any atom is 0.256 e. The van der Waals surface area contributed by atoms with Gasteiger partial charge in [0.05, 0.1) is 12.2 Å². The molecule has 2 rings (SSSR count). The number of H-pyrrole nitrogens is 2. The Morgan fingerprint density at radius 2 is 2.05 bits per heavy atom. The van der Waals surface area contributed by atoms with Crippen LogP contribution in [0.1, 0.15) is 12.5 Å². The summed E-state index contributed by atoms with van der Waals surface area (Å²) in [6.07, 6.45) is 1.61. The summed E-state index contributed by atoms with van der Waals surface area (Å²) in [5.41, 5.74) is 1.34. The second-order valence-electron chi connectivity index (χ2n) is 3.91. The van der Waals surface area contributed by atoms with Gasteiger partial charge in [0, 0.05) is 18.4 Å². The molecule has 3 N–H and O–H groups in total. The van der Waals surface area contributed by atoms with Crippen molar-refractivity contribution in [2.45, 2.75) is 13.5 Å². The van der Waals surface area contributed by atoms with E-state index in [9.17, 15) is 4.79 Å². The summed E-state index contributed by atoms with van der Waals surface area (Å²) in [6.45, 7) is 3.01. The number of rotatable bonds is 5. The zero-order chi connectivity index (χ0) is 13.7. The Kier molecular flexibility index (Phi) is 4.35. The third-order valence-electron chi connectivity index (χ3n) is 2.54. The van der Waals surface area contributed by atoms with Gasteiger partial charge in [-0.05, 0) is 43.4 Å². The third-order valence-corrected chi connectivity index (χ3v) is 2.76. The van der Waals surface area contributed by atoms with Gasteiger partial charge in [0.1, 0.15) is 5.75 Å². The van der Waals surface area contributed by atoms with E-state index in [1.165, 1.54) is 0 Å². The second-order valence-corrected chi connectivity index (χ2v) is 4.32. The van der Waals surface area contributed by atoms with Gasteiger partial charge in [0.25, 0.3) is 5.56 Å². The van der Waals surface area contributed by atoms with Gasteiger partial charge >= 0.3 is 0 Å². The molecule has 0 spiro atoms. The van der Waals surface area contributed by atoms with E-state index in [4.69, 9.17) is 17.0 Å². The van der Waals surface area contributed by atoms with E-state index < -0.39 is 0 Å². The lowest BCUT2D eigenvalue weighted by Crippen LogP contribution is -2.16. The molecule has 0 radical (unpaired) electrons. The predicted octanol–water partition coefficient (Wildman–Crippen LogP) is 2.44. The van der Waals surface area contributed by atoms with Crippen molar-refractivity contribution in [3.8, 4) is 5.75 Å². The van der Waals surface area contributed by atoms with Crippen LogP contribution in [-0.2, 0) is 6.54 Å². The van der Waals surface area contributed by atoms with E-state index in [1.54, 1.807) is 6.20 Å². The highest BCUT2D eigenvalue weighted by atomic mass is 32.1. The first-order valence-electron chi connectivity index (χ1n) is 5.96. The number of aromatic amines is 2. The van der Waals surface area contributed by atoms with E-state index in [0.717, 1.165) is 11.4 Å². The van der Waals surface area contributed by atoms with Crippen molar-refractivity contribution in [2.24, 2.45) is 0 Å². The Bertz CT molecular complexity index is 646. The van der Waals surface area contributed by atoms with Gasteiger partial charge in [-0.3, -0.25) is 9.78 Å². The molecule has 0 aliphatic carbocycles. The third kappa shape index (κ3) is 3.69. The lowest BCUT2D eigenvalue weighted by molar-refractivity contribution is 0.340. The van der Waals surface area contributed by atoms with Gasteiger partial charge in [-0.15, -0.1) is 0 Å². The van der Waals surface area contributed by atoms with Crippen LogP contribution < -0.4 is 15.6 Å². The summed E-state index contributed by atoms with van der Waals surface area (Å²) < 4.78 is 5.69. The number of benzene rings is 1. The van der Waals surface area contributed by atoms with Crippen molar-refractivity contribution < 1.29 is 4.74 Å². The Hall–Kier alpha value is -2.08. The van der Waals surface area contributed by atoms with Crippen LogP contribution in [-0.4, -0.2) is 16.6 Å². The molecule has 0 fully saturated rings. The molecule has 6 heteroatoms. The number of hydrogen-bond acceptors (Lipinski definition) is 4. The van der Waals surface area contributed by atoms with Crippen LogP contribution in [0.5, 0.6) is 5.75 Å². The summed E-state index contributed by atoms with van der Waals surface area (Å²) >= 11 is 4.83. The molecule has 2 aromatic rings. The quantitative estimate of drug-likeness (QED) is 0.734. The van der Waals surface area contributed by atoms with E-state index in [-0.39, 0.29) is 5.56 Å². The average molecular weight is 277 g/mol. The Labute approximate surface area is 115 Å². The topological polar surface area (TPSA) is 69.9 Å². The minimum absolute atomic E-state index is 0.179. The van der Waals surface area contributed by atoms with Crippen LogP contribution in [0.2, 0.25) is 0 Å². The maximum absolute atomic E-state index is 11.6. The van der Waals surface area contributed by atoms with Crippen LogP contribution in [0.3, 0.4) is 0 Å². The molecule has 0 saturated heterocycles. The second kappa shape index (κ2) is 6.19. The molecule has 0 saturated carbocycles. The number of anilines is 1. The fourth-order valence-corrected chi connectivity index (χ4v) is 1.75. The lowest BCUT2D eigenvalue weighted by atomic mass is 10.2. The van der Waals surface area contributed by atoms with Gasteiger partial charge < -0.3 is 15.0 Å². The summed E-state index contributed by atoms with van der Waals surface area (Å²) in [6, 6.07) is 7.58. The molecule has 0 aliphatic heterocycles. The SMILES string of the molecule is CCOc1ccc(NCc2c[nH]c(=S)[nH]c2=O)cc1. The summed E-state index contributed by atoms with van der Waals surface area (Å²) in [5, 5.41) is 3.16. The van der Waals surface area contributed by atoms with E-state index in [0.29, 0.717) is 23.5 Å². The standard InChI is InChI=1S/C13H15N3O2S/c1-2-18-11-5-3-10(4-6-11)14-7-9-8-15-13(19)16-12(9)17/h3-6,8,14H,2,7H2,1H3,(H2,15,16,17,19). The van der Waals surface area contributed by atoms with Crippen LogP contribution in [0.15, 0.2) is 35.3 Å².